The third kappa shape index (κ3) is 3.22. The van der Waals surface area contributed by atoms with E-state index in [1.165, 1.54) is 6.42 Å². The lowest BCUT2D eigenvalue weighted by Gasteiger charge is -2.13. The van der Waals surface area contributed by atoms with Gasteiger partial charge in [0.05, 0.1) is 0 Å². The summed E-state index contributed by atoms with van der Waals surface area (Å²) >= 11 is 0. The molecule has 3 rings (SSSR count). The molecule has 2 aromatic rings. The molecule has 1 saturated heterocycles. The van der Waals surface area contributed by atoms with Gasteiger partial charge in [-0.2, -0.15) is 0 Å². The second-order valence-corrected chi connectivity index (χ2v) is 6.22. The lowest BCUT2D eigenvalue weighted by molar-refractivity contribution is 0.0947. The summed E-state index contributed by atoms with van der Waals surface area (Å²) in [6.45, 7) is 5.02. The van der Waals surface area contributed by atoms with Crippen LogP contribution in [0.2, 0.25) is 0 Å². The van der Waals surface area contributed by atoms with Crippen LogP contribution in [-0.4, -0.2) is 42.1 Å². The molecule has 0 aliphatic carbocycles. The second-order valence-electron chi connectivity index (χ2n) is 6.22. The standard InChI is InChI=1S/C18H23N3O/c1-14-5-6-16(11-17(14)21-8-3-4-9-21)18(22)19-12-15-7-10-20(2)13-15/h3-6,8-9,11,15H,7,10,12-13H2,1-2H3,(H,19,22). The van der Waals surface area contributed by atoms with Gasteiger partial charge in [-0.1, -0.05) is 6.07 Å². The maximum Gasteiger partial charge on any atom is 0.251 e. The Balaban J connectivity index is 1.69. The molecule has 1 atom stereocenters. The van der Waals surface area contributed by atoms with Gasteiger partial charge in [0.1, 0.15) is 0 Å². The zero-order valence-corrected chi connectivity index (χ0v) is 13.2. The summed E-state index contributed by atoms with van der Waals surface area (Å²) in [6, 6.07) is 9.85. The summed E-state index contributed by atoms with van der Waals surface area (Å²) in [7, 11) is 2.13. The summed E-state index contributed by atoms with van der Waals surface area (Å²) in [5.74, 6) is 0.589. The third-order valence-electron chi connectivity index (χ3n) is 4.39. The molecule has 1 amide bonds. The molecule has 0 spiro atoms. The molecular formula is C18H23N3O. The molecule has 116 valence electrons. The van der Waals surface area contributed by atoms with E-state index < -0.39 is 0 Å². The third-order valence-corrected chi connectivity index (χ3v) is 4.39. The lowest BCUT2D eigenvalue weighted by atomic mass is 10.1. The van der Waals surface area contributed by atoms with Crippen LogP contribution in [0, 0.1) is 12.8 Å². The van der Waals surface area contributed by atoms with Gasteiger partial charge >= 0.3 is 0 Å². The van der Waals surface area contributed by atoms with Crippen LogP contribution in [0.3, 0.4) is 0 Å². The number of amides is 1. The minimum absolute atomic E-state index is 0.0166. The minimum atomic E-state index is 0.0166. The predicted molar refractivity (Wildman–Crippen MR) is 88.4 cm³/mol. The highest BCUT2D eigenvalue weighted by atomic mass is 16.1. The van der Waals surface area contributed by atoms with Crippen LogP contribution >= 0.6 is 0 Å². The molecule has 1 aliphatic heterocycles. The van der Waals surface area contributed by atoms with E-state index in [0.29, 0.717) is 5.92 Å². The number of likely N-dealkylation sites (tertiary alicyclic amines) is 1. The Kier molecular flexibility index (Phi) is 4.29. The van der Waals surface area contributed by atoms with Crippen molar-refractivity contribution in [2.45, 2.75) is 13.3 Å². The number of nitrogens with zero attached hydrogens (tertiary/aromatic N) is 2. The van der Waals surface area contributed by atoms with Crippen molar-refractivity contribution in [2.75, 3.05) is 26.7 Å². The average Bonchev–Trinajstić information content (AvgIpc) is 3.17. The Labute approximate surface area is 131 Å². The minimum Gasteiger partial charge on any atom is -0.352 e. The van der Waals surface area contributed by atoms with Crippen molar-refractivity contribution in [1.29, 1.82) is 0 Å². The Morgan fingerprint density at radius 3 is 2.77 bits per heavy atom. The first-order valence-corrected chi connectivity index (χ1v) is 7.84. The highest BCUT2D eigenvalue weighted by molar-refractivity contribution is 5.94. The van der Waals surface area contributed by atoms with Gasteiger partial charge in [-0.05, 0) is 62.7 Å². The van der Waals surface area contributed by atoms with Crippen LogP contribution in [0.1, 0.15) is 22.3 Å². The van der Waals surface area contributed by atoms with Crippen molar-refractivity contribution in [3.8, 4) is 5.69 Å². The van der Waals surface area contributed by atoms with Gasteiger partial charge in [0, 0.05) is 36.7 Å². The zero-order valence-electron chi connectivity index (χ0n) is 13.2. The highest BCUT2D eigenvalue weighted by Crippen LogP contribution is 2.17. The summed E-state index contributed by atoms with van der Waals surface area (Å²) in [5, 5.41) is 3.08. The fourth-order valence-corrected chi connectivity index (χ4v) is 3.06. The quantitative estimate of drug-likeness (QED) is 0.941. The van der Waals surface area contributed by atoms with Crippen molar-refractivity contribution < 1.29 is 4.79 Å². The van der Waals surface area contributed by atoms with Gasteiger partial charge < -0.3 is 14.8 Å². The van der Waals surface area contributed by atoms with E-state index in [-0.39, 0.29) is 5.91 Å². The molecule has 1 aliphatic rings. The van der Waals surface area contributed by atoms with Gasteiger partial charge in [-0.3, -0.25) is 4.79 Å². The summed E-state index contributed by atoms with van der Waals surface area (Å²) in [4.78, 5) is 14.7. The molecule has 0 bridgehead atoms. The number of hydrogen-bond donors (Lipinski definition) is 1. The Morgan fingerprint density at radius 2 is 2.09 bits per heavy atom. The molecule has 1 aromatic heterocycles. The number of nitrogens with one attached hydrogen (secondary N) is 1. The molecule has 4 nitrogen and oxygen atoms in total. The lowest BCUT2D eigenvalue weighted by Crippen LogP contribution is -2.30. The molecule has 1 N–H and O–H groups in total. The normalized spacial score (nSPS) is 18.5. The summed E-state index contributed by atoms with van der Waals surface area (Å²) in [6.07, 6.45) is 5.16. The van der Waals surface area contributed by atoms with E-state index in [4.69, 9.17) is 0 Å². The largest absolute Gasteiger partial charge is 0.352 e. The fourth-order valence-electron chi connectivity index (χ4n) is 3.06. The molecule has 0 saturated carbocycles. The molecule has 4 heteroatoms. The van der Waals surface area contributed by atoms with E-state index in [0.717, 1.165) is 36.4 Å². The SMILES string of the molecule is Cc1ccc(C(=O)NCC2CCN(C)C2)cc1-n1cccc1. The summed E-state index contributed by atoms with van der Waals surface area (Å²) < 4.78 is 2.04. The number of aromatic nitrogens is 1. The van der Waals surface area contributed by atoms with Gasteiger partial charge in [-0.15, -0.1) is 0 Å². The molecular weight excluding hydrogens is 274 g/mol. The van der Waals surface area contributed by atoms with E-state index >= 15 is 0 Å². The van der Waals surface area contributed by atoms with E-state index in [1.807, 2.05) is 47.3 Å². The number of rotatable bonds is 4. The van der Waals surface area contributed by atoms with Crippen molar-refractivity contribution >= 4 is 5.91 Å². The second kappa shape index (κ2) is 6.36. The molecule has 0 radical (unpaired) electrons. The van der Waals surface area contributed by atoms with Gasteiger partial charge in [0.15, 0.2) is 0 Å². The van der Waals surface area contributed by atoms with Crippen LogP contribution in [0.25, 0.3) is 5.69 Å². The fraction of sp³-hybridized carbons (Fsp3) is 0.389. The van der Waals surface area contributed by atoms with Crippen LogP contribution in [0.15, 0.2) is 42.7 Å². The van der Waals surface area contributed by atoms with Crippen LogP contribution < -0.4 is 5.32 Å². The Bertz CT molecular complexity index is 648. The monoisotopic (exact) mass is 297 g/mol. The number of aryl methyl sites for hydroxylation is 1. The van der Waals surface area contributed by atoms with E-state index in [1.54, 1.807) is 0 Å². The smallest absolute Gasteiger partial charge is 0.251 e. The first-order chi connectivity index (χ1) is 10.6. The first-order valence-electron chi connectivity index (χ1n) is 7.84. The van der Waals surface area contributed by atoms with Crippen LogP contribution in [0.4, 0.5) is 0 Å². The van der Waals surface area contributed by atoms with Crippen molar-refractivity contribution in [3.63, 3.8) is 0 Å². The number of benzene rings is 1. The molecule has 22 heavy (non-hydrogen) atoms. The molecule has 2 heterocycles. The molecule has 1 unspecified atom stereocenters. The van der Waals surface area contributed by atoms with Crippen molar-refractivity contribution in [3.05, 3.63) is 53.9 Å². The first kappa shape index (κ1) is 14.9. The van der Waals surface area contributed by atoms with Crippen molar-refractivity contribution in [2.24, 2.45) is 5.92 Å². The molecule has 1 aromatic carbocycles. The zero-order chi connectivity index (χ0) is 15.5. The highest BCUT2D eigenvalue weighted by Gasteiger charge is 2.20. The van der Waals surface area contributed by atoms with Crippen LogP contribution in [-0.2, 0) is 0 Å². The number of carbonyl (C=O) groups is 1. The Morgan fingerprint density at radius 1 is 1.32 bits per heavy atom. The summed E-state index contributed by atoms with van der Waals surface area (Å²) in [5.41, 5.74) is 2.93. The maximum absolute atomic E-state index is 12.4. The number of carbonyl (C=O) groups excluding carboxylic acids is 1. The van der Waals surface area contributed by atoms with Gasteiger partial charge in [0.2, 0.25) is 0 Å². The number of hydrogen-bond acceptors (Lipinski definition) is 2. The Hall–Kier alpha value is -2.07. The van der Waals surface area contributed by atoms with Crippen molar-refractivity contribution in [1.82, 2.24) is 14.8 Å². The van der Waals surface area contributed by atoms with Gasteiger partial charge in [0.25, 0.3) is 5.91 Å². The predicted octanol–water partition coefficient (Wildman–Crippen LogP) is 2.47. The average molecular weight is 297 g/mol. The van der Waals surface area contributed by atoms with Gasteiger partial charge in [-0.25, -0.2) is 0 Å². The van der Waals surface area contributed by atoms with Crippen LogP contribution in [0.5, 0.6) is 0 Å². The van der Waals surface area contributed by atoms with E-state index in [9.17, 15) is 4.79 Å². The topological polar surface area (TPSA) is 37.3 Å². The molecule has 1 fully saturated rings. The van der Waals surface area contributed by atoms with E-state index in [2.05, 4.69) is 24.2 Å². The maximum atomic E-state index is 12.4.